The van der Waals surface area contributed by atoms with Crippen molar-refractivity contribution in [1.29, 1.82) is 0 Å². The van der Waals surface area contributed by atoms with Crippen molar-refractivity contribution in [2.24, 2.45) is 0 Å². The van der Waals surface area contributed by atoms with E-state index in [9.17, 15) is 9.59 Å². The number of amides is 1. The molecule has 0 aliphatic carbocycles. The number of rotatable bonds is 1. The lowest BCUT2D eigenvalue weighted by Crippen LogP contribution is -2.32. The SMILES string of the molecule is Nc1ccc2c(c1)N(C(=O)c1c[nH]ccc1=O)CC2. The number of fused-ring (bicyclic) bond motifs is 1. The predicted molar refractivity (Wildman–Crippen MR) is 73.3 cm³/mol. The second-order valence-corrected chi connectivity index (χ2v) is 4.52. The van der Waals surface area contributed by atoms with Crippen molar-refractivity contribution in [2.45, 2.75) is 6.42 Å². The molecule has 96 valence electrons. The van der Waals surface area contributed by atoms with Crippen LogP contribution in [0.15, 0.2) is 41.5 Å². The molecule has 3 rings (SSSR count). The lowest BCUT2D eigenvalue weighted by Gasteiger charge is -2.17. The average molecular weight is 255 g/mol. The summed E-state index contributed by atoms with van der Waals surface area (Å²) in [7, 11) is 0. The normalized spacial score (nSPS) is 13.4. The molecule has 1 amide bonds. The minimum atomic E-state index is -0.286. The number of benzene rings is 1. The molecule has 0 saturated heterocycles. The van der Waals surface area contributed by atoms with Crippen LogP contribution in [0.4, 0.5) is 11.4 Å². The highest BCUT2D eigenvalue weighted by Gasteiger charge is 2.26. The van der Waals surface area contributed by atoms with Gasteiger partial charge in [-0.05, 0) is 24.1 Å². The van der Waals surface area contributed by atoms with Crippen LogP contribution in [-0.2, 0) is 6.42 Å². The van der Waals surface area contributed by atoms with Crippen molar-refractivity contribution < 1.29 is 4.79 Å². The first-order valence-electron chi connectivity index (χ1n) is 6.04. The number of aromatic amines is 1. The van der Waals surface area contributed by atoms with Crippen molar-refractivity contribution in [3.05, 3.63) is 58.0 Å². The summed E-state index contributed by atoms with van der Waals surface area (Å²) in [5.41, 5.74) is 8.12. The fourth-order valence-corrected chi connectivity index (χ4v) is 2.34. The van der Waals surface area contributed by atoms with Gasteiger partial charge >= 0.3 is 0 Å². The quantitative estimate of drug-likeness (QED) is 0.750. The molecule has 5 nitrogen and oxygen atoms in total. The molecule has 1 aromatic heterocycles. The van der Waals surface area contributed by atoms with Gasteiger partial charge in [0.15, 0.2) is 5.43 Å². The maximum Gasteiger partial charge on any atom is 0.263 e. The maximum atomic E-state index is 12.4. The molecule has 0 fully saturated rings. The van der Waals surface area contributed by atoms with E-state index in [0.29, 0.717) is 12.2 Å². The van der Waals surface area contributed by atoms with Gasteiger partial charge < -0.3 is 15.6 Å². The number of hydrogen-bond donors (Lipinski definition) is 2. The van der Waals surface area contributed by atoms with Crippen LogP contribution >= 0.6 is 0 Å². The van der Waals surface area contributed by atoms with Crippen molar-refractivity contribution in [2.75, 3.05) is 17.2 Å². The first-order chi connectivity index (χ1) is 9.16. The zero-order valence-electron chi connectivity index (χ0n) is 10.2. The summed E-state index contributed by atoms with van der Waals surface area (Å²) in [6.45, 7) is 0.575. The van der Waals surface area contributed by atoms with Crippen molar-refractivity contribution >= 4 is 17.3 Å². The molecule has 0 saturated carbocycles. The summed E-state index contributed by atoms with van der Waals surface area (Å²) in [6.07, 6.45) is 3.73. The lowest BCUT2D eigenvalue weighted by molar-refractivity contribution is 0.0988. The van der Waals surface area contributed by atoms with Gasteiger partial charge in [-0.2, -0.15) is 0 Å². The van der Waals surface area contributed by atoms with Crippen LogP contribution in [0.3, 0.4) is 0 Å². The number of anilines is 2. The van der Waals surface area contributed by atoms with Gasteiger partial charge in [0.2, 0.25) is 0 Å². The van der Waals surface area contributed by atoms with Gasteiger partial charge in [-0.1, -0.05) is 6.07 Å². The topological polar surface area (TPSA) is 79.2 Å². The molecule has 1 aromatic carbocycles. The Morgan fingerprint density at radius 3 is 2.95 bits per heavy atom. The Hall–Kier alpha value is -2.56. The molecule has 2 aromatic rings. The van der Waals surface area contributed by atoms with Gasteiger partial charge in [-0.3, -0.25) is 9.59 Å². The second-order valence-electron chi connectivity index (χ2n) is 4.52. The summed E-state index contributed by atoms with van der Waals surface area (Å²) in [5.74, 6) is -0.286. The zero-order chi connectivity index (χ0) is 13.4. The summed E-state index contributed by atoms with van der Waals surface area (Å²) in [4.78, 5) is 28.5. The van der Waals surface area contributed by atoms with Gasteiger partial charge in [0.1, 0.15) is 5.56 Å². The third-order valence-electron chi connectivity index (χ3n) is 3.30. The molecule has 1 aliphatic heterocycles. The maximum absolute atomic E-state index is 12.4. The number of nitrogen functional groups attached to an aromatic ring is 1. The Labute approximate surface area is 109 Å². The monoisotopic (exact) mass is 255 g/mol. The third kappa shape index (κ3) is 1.89. The minimum absolute atomic E-state index is 0.151. The Balaban J connectivity index is 2.03. The van der Waals surface area contributed by atoms with E-state index in [1.807, 2.05) is 12.1 Å². The molecular formula is C14H13N3O2. The third-order valence-corrected chi connectivity index (χ3v) is 3.30. The average Bonchev–Trinajstić information content (AvgIpc) is 2.81. The highest BCUT2D eigenvalue weighted by Crippen LogP contribution is 2.30. The highest BCUT2D eigenvalue weighted by atomic mass is 16.2. The fourth-order valence-electron chi connectivity index (χ4n) is 2.34. The molecule has 0 spiro atoms. The summed E-state index contributed by atoms with van der Waals surface area (Å²) < 4.78 is 0. The number of nitrogens with two attached hydrogens (primary N) is 1. The predicted octanol–water partition coefficient (Wildman–Crippen LogP) is 1.16. The molecule has 0 unspecified atom stereocenters. The van der Waals surface area contributed by atoms with Crippen molar-refractivity contribution in [1.82, 2.24) is 4.98 Å². The molecule has 5 heteroatoms. The Bertz CT molecular complexity index is 706. The number of pyridine rings is 1. The van der Waals surface area contributed by atoms with E-state index in [2.05, 4.69) is 4.98 Å². The molecule has 1 aliphatic rings. The van der Waals surface area contributed by atoms with E-state index >= 15 is 0 Å². The smallest absolute Gasteiger partial charge is 0.263 e. The van der Waals surface area contributed by atoms with Crippen molar-refractivity contribution in [3.63, 3.8) is 0 Å². The van der Waals surface area contributed by atoms with Crippen molar-refractivity contribution in [3.8, 4) is 0 Å². The van der Waals surface area contributed by atoms with Gasteiger partial charge in [0, 0.05) is 36.4 Å². The van der Waals surface area contributed by atoms with E-state index in [4.69, 9.17) is 5.73 Å². The Morgan fingerprint density at radius 2 is 2.16 bits per heavy atom. The van der Waals surface area contributed by atoms with E-state index in [0.717, 1.165) is 17.7 Å². The van der Waals surface area contributed by atoms with E-state index in [1.165, 1.54) is 18.5 Å². The minimum Gasteiger partial charge on any atom is -0.399 e. The number of hydrogen-bond acceptors (Lipinski definition) is 3. The van der Waals surface area contributed by atoms with Crippen LogP contribution < -0.4 is 16.1 Å². The second kappa shape index (κ2) is 4.28. The number of H-pyrrole nitrogens is 1. The first-order valence-corrected chi connectivity index (χ1v) is 6.04. The van der Waals surface area contributed by atoms with Gasteiger partial charge in [-0.15, -0.1) is 0 Å². The molecule has 0 bridgehead atoms. The zero-order valence-corrected chi connectivity index (χ0v) is 10.2. The van der Waals surface area contributed by atoms with E-state index < -0.39 is 0 Å². The molecule has 19 heavy (non-hydrogen) atoms. The highest BCUT2D eigenvalue weighted by molar-refractivity contribution is 6.07. The molecule has 3 N–H and O–H groups in total. The molecular weight excluding hydrogens is 242 g/mol. The lowest BCUT2D eigenvalue weighted by atomic mass is 10.1. The van der Waals surface area contributed by atoms with Gasteiger partial charge in [-0.25, -0.2) is 0 Å². The molecule has 0 atom stereocenters. The number of aromatic nitrogens is 1. The van der Waals surface area contributed by atoms with Crippen LogP contribution in [0.1, 0.15) is 15.9 Å². The summed E-state index contributed by atoms with van der Waals surface area (Å²) in [6, 6.07) is 6.87. The Morgan fingerprint density at radius 1 is 1.32 bits per heavy atom. The number of carbonyl (C=O) groups excluding carboxylic acids is 1. The van der Waals surface area contributed by atoms with Crippen LogP contribution in [0.25, 0.3) is 0 Å². The number of carbonyl (C=O) groups is 1. The Kier molecular flexibility index (Phi) is 2.59. The van der Waals surface area contributed by atoms with Crippen LogP contribution in [0.2, 0.25) is 0 Å². The van der Waals surface area contributed by atoms with Gasteiger partial charge in [0.05, 0.1) is 0 Å². The summed E-state index contributed by atoms with van der Waals surface area (Å²) in [5, 5.41) is 0. The molecule has 0 radical (unpaired) electrons. The summed E-state index contributed by atoms with van der Waals surface area (Å²) >= 11 is 0. The first kappa shape index (κ1) is 11.5. The molecule has 2 heterocycles. The van der Waals surface area contributed by atoms with Crippen LogP contribution in [0, 0.1) is 0 Å². The fraction of sp³-hybridized carbons (Fsp3) is 0.143. The standard InChI is InChI=1S/C14H13N3O2/c15-10-2-1-9-4-6-17(12(9)7-10)14(19)11-8-16-5-3-13(11)18/h1-3,5,7-8H,4,6,15H2,(H,16,18). The van der Waals surface area contributed by atoms with Crippen LogP contribution in [-0.4, -0.2) is 17.4 Å². The number of nitrogens with one attached hydrogen (secondary N) is 1. The van der Waals surface area contributed by atoms with E-state index in [1.54, 1.807) is 11.0 Å². The number of nitrogens with zero attached hydrogens (tertiary/aromatic N) is 1. The van der Waals surface area contributed by atoms with Gasteiger partial charge in [0.25, 0.3) is 5.91 Å². The largest absolute Gasteiger partial charge is 0.399 e. The van der Waals surface area contributed by atoms with E-state index in [-0.39, 0.29) is 16.9 Å². The van der Waals surface area contributed by atoms with Crippen LogP contribution in [0.5, 0.6) is 0 Å².